The first-order valence-corrected chi connectivity index (χ1v) is 11.9. The number of pyridine rings is 2. The molecular weight excluding hydrogens is 424 g/mol. The molecule has 5 aromatic heterocycles. The number of aromatic nitrogens is 7. The van der Waals surface area contributed by atoms with E-state index in [-0.39, 0.29) is 0 Å². The Morgan fingerprint density at radius 1 is 1.06 bits per heavy atom. The van der Waals surface area contributed by atoms with Crippen LogP contribution in [0.25, 0.3) is 22.6 Å². The molecule has 172 valence electrons. The van der Waals surface area contributed by atoms with Crippen molar-refractivity contribution in [1.82, 2.24) is 39.2 Å². The minimum atomic E-state index is 0.558. The molecule has 0 unspecified atom stereocenters. The lowest BCUT2D eigenvalue weighted by atomic mass is 10.0. The summed E-state index contributed by atoms with van der Waals surface area (Å²) in [6.45, 7) is 4.85. The second-order valence-corrected chi connectivity index (χ2v) is 9.32. The molecule has 0 amide bonds. The van der Waals surface area contributed by atoms with Crippen LogP contribution in [0, 0.1) is 5.41 Å². The summed E-state index contributed by atoms with van der Waals surface area (Å²) in [7, 11) is 0. The molecule has 1 fully saturated rings. The zero-order chi connectivity index (χ0) is 23.0. The maximum atomic E-state index is 4.76. The number of hydrogen-bond acceptors (Lipinski definition) is 5. The van der Waals surface area contributed by atoms with Gasteiger partial charge in [-0.15, -0.1) is 5.10 Å². The van der Waals surface area contributed by atoms with Gasteiger partial charge in [-0.3, -0.25) is 4.98 Å². The Morgan fingerprint density at radius 2 is 1.94 bits per heavy atom. The monoisotopic (exact) mass is 452 g/mol. The van der Waals surface area contributed by atoms with E-state index in [9.17, 15) is 0 Å². The number of rotatable bonds is 9. The third kappa shape index (κ3) is 4.24. The number of imidazole rings is 1. The molecule has 8 heteroatoms. The molecule has 0 bridgehead atoms. The van der Waals surface area contributed by atoms with Crippen LogP contribution in [0.15, 0.2) is 73.7 Å². The van der Waals surface area contributed by atoms with E-state index in [1.165, 1.54) is 24.8 Å². The lowest BCUT2D eigenvalue weighted by Gasteiger charge is -2.13. The largest absolute Gasteiger partial charge is 0.322 e. The van der Waals surface area contributed by atoms with Crippen LogP contribution in [0.3, 0.4) is 0 Å². The van der Waals surface area contributed by atoms with Crippen LogP contribution in [0.2, 0.25) is 0 Å². The van der Waals surface area contributed by atoms with Gasteiger partial charge in [0.05, 0.1) is 30.3 Å². The molecule has 0 saturated heterocycles. The summed E-state index contributed by atoms with van der Waals surface area (Å²) in [5.74, 6) is 0. The Hall–Kier alpha value is -3.78. The summed E-state index contributed by atoms with van der Waals surface area (Å²) in [6, 6.07) is 10.3. The smallest absolute Gasteiger partial charge is 0.137 e. The molecule has 0 aromatic carbocycles. The Bertz CT molecular complexity index is 1410. The Labute approximate surface area is 198 Å². The zero-order valence-electron chi connectivity index (χ0n) is 19.3. The SMILES string of the molecule is CCC1(CNCc2ccc3nc(Cn4cc(-c5cncc(-n6cccc6)c5)nn4)cn3c2)CC1. The molecule has 6 rings (SSSR count). The van der Waals surface area contributed by atoms with E-state index in [1.807, 2.05) is 52.4 Å². The normalized spacial score (nSPS) is 14.6. The second-order valence-electron chi connectivity index (χ2n) is 9.32. The highest BCUT2D eigenvalue weighted by atomic mass is 15.4. The number of fused-ring (bicyclic) bond motifs is 1. The van der Waals surface area contributed by atoms with Crippen molar-refractivity contribution in [2.75, 3.05) is 6.54 Å². The summed E-state index contributed by atoms with van der Waals surface area (Å²) in [4.78, 5) is 9.13. The molecule has 1 N–H and O–H groups in total. The fraction of sp³-hybridized carbons (Fsp3) is 0.308. The zero-order valence-corrected chi connectivity index (χ0v) is 19.3. The van der Waals surface area contributed by atoms with Gasteiger partial charge in [-0.1, -0.05) is 18.2 Å². The fourth-order valence-corrected chi connectivity index (χ4v) is 4.46. The van der Waals surface area contributed by atoms with Gasteiger partial charge in [0.2, 0.25) is 0 Å². The van der Waals surface area contributed by atoms with Crippen molar-refractivity contribution in [2.24, 2.45) is 5.41 Å². The van der Waals surface area contributed by atoms with Crippen LogP contribution in [0.4, 0.5) is 0 Å². The quantitative estimate of drug-likeness (QED) is 0.364. The molecular formula is C26H28N8. The highest BCUT2D eigenvalue weighted by Crippen LogP contribution is 2.47. The standard InChI is InChI=1S/C26H28N8/c1-2-26(7-8-26)19-28-12-20-5-6-25-29-22(16-33(25)15-20)17-34-18-24(30-31-34)21-11-23(14-27-13-21)32-9-3-4-10-32/h3-6,9-11,13-16,18,28H,2,7-8,12,17,19H2,1H3. The predicted octanol–water partition coefficient (Wildman–Crippen LogP) is 4.11. The molecule has 5 heterocycles. The van der Waals surface area contributed by atoms with Gasteiger partial charge < -0.3 is 14.3 Å². The summed E-state index contributed by atoms with van der Waals surface area (Å²) in [6.07, 6.45) is 17.8. The van der Waals surface area contributed by atoms with Crippen molar-refractivity contribution < 1.29 is 0 Å². The molecule has 34 heavy (non-hydrogen) atoms. The second kappa shape index (κ2) is 8.53. The highest BCUT2D eigenvalue weighted by molar-refractivity contribution is 5.59. The van der Waals surface area contributed by atoms with Gasteiger partial charge in [0.15, 0.2) is 0 Å². The number of nitrogens with zero attached hydrogens (tertiary/aromatic N) is 7. The Balaban J connectivity index is 1.14. The molecule has 1 aliphatic rings. The van der Waals surface area contributed by atoms with Crippen molar-refractivity contribution in [1.29, 1.82) is 0 Å². The van der Waals surface area contributed by atoms with Crippen molar-refractivity contribution in [3.63, 3.8) is 0 Å². The Morgan fingerprint density at radius 3 is 2.76 bits per heavy atom. The summed E-state index contributed by atoms with van der Waals surface area (Å²) in [5, 5.41) is 12.3. The van der Waals surface area contributed by atoms with Crippen LogP contribution >= 0.6 is 0 Å². The number of hydrogen-bond donors (Lipinski definition) is 1. The summed E-state index contributed by atoms with van der Waals surface area (Å²) in [5.41, 5.74) is 6.42. The van der Waals surface area contributed by atoms with Gasteiger partial charge in [0, 0.05) is 49.6 Å². The van der Waals surface area contributed by atoms with Crippen LogP contribution in [0.1, 0.15) is 37.4 Å². The van der Waals surface area contributed by atoms with E-state index >= 15 is 0 Å². The molecule has 5 aromatic rings. The average Bonchev–Trinajstić information content (AvgIpc) is 3.25. The maximum absolute atomic E-state index is 4.76. The van der Waals surface area contributed by atoms with Crippen molar-refractivity contribution in [3.8, 4) is 16.9 Å². The highest BCUT2D eigenvalue weighted by Gasteiger charge is 2.39. The first kappa shape index (κ1) is 20.8. The van der Waals surface area contributed by atoms with Gasteiger partial charge in [0.1, 0.15) is 11.3 Å². The third-order valence-electron chi connectivity index (χ3n) is 6.88. The number of nitrogens with one attached hydrogen (secondary N) is 1. The van der Waals surface area contributed by atoms with E-state index in [0.29, 0.717) is 12.0 Å². The van der Waals surface area contributed by atoms with Crippen LogP contribution in [-0.4, -0.2) is 40.5 Å². The van der Waals surface area contributed by atoms with E-state index in [0.717, 1.165) is 41.4 Å². The molecule has 0 atom stereocenters. The van der Waals surface area contributed by atoms with Gasteiger partial charge in [-0.05, 0) is 54.5 Å². The lowest BCUT2D eigenvalue weighted by molar-refractivity contribution is 0.443. The van der Waals surface area contributed by atoms with Gasteiger partial charge in [0.25, 0.3) is 0 Å². The van der Waals surface area contributed by atoms with E-state index in [4.69, 9.17) is 4.98 Å². The average molecular weight is 453 g/mol. The topological polar surface area (TPSA) is 77.9 Å². The first-order chi connectivity index (χ1) is 16.7. The Kier molecular flexibility index (Phi) is 5.22. The fourth-order valence-electron chi connectivity index (χ4n) is 4.46. The summed E-state index contributed by atoms with van der Waals surface area (Å²) < 4.78 is 5.94. The third-order valence-corrected chi connectivity index (χ3v) is 6.88. The van der Waals surface area contributed by atoms with Crippen LogP contribution < -0.4 is 5.32 Å². The minimum absolute atomic E-state index is 0.558. The lowest BCUT2D eigenvalue weighted by Crippen LogP contribution is -2.23. The molecule has 0 spiro atoms. The molecule has 8 nitrogen and oxygen atoms in total. The molecule has 1 saturated carbocycles. The first-order valence-electron chi connectivity index (χ1n) is 11.9. The van der Waals surface area contributed by atoms with E-state index in [1.54, 1.807) is 0 Å². The van der Waals surface area contributed by atoms with Gasteiger partial charge in [-0.2, -0.15) is 0 Å². The predicted molar refractivity (Wildman–Crippen MR) is 131 cm³/mol. The van der Waals surface area contributed by atoms with Gasteiger partial charge >= 0.3 is 0 Å². The van der Waals surface area contributed by atoms with Crippen molar-refractivity contribution in [2.45, 2.75) is 39.3 Å². The molecule has 0 radical (unpaired) electrons. The van der Waals surface area contributed by atoms with E-state index < -0.39 is 0 Å². The summed E-state index contributed by atoms with van der Waals surface area (Å²) >= 11 is 0. The van der Waals surface area contributed by atoms with Gasteiger partial charge in [-0.25, -0.2) is 9.67 Å². The van der Waals surface area contributed by atoms with E-state index in [2.05, 4.69) is 62.5 Å². The van der Waals surface area contributed by atoms with Crippen LogP contribution in [-0.2, 0) is 13.1 Å². The molecule has 0 aliphatic heterocycles. The molecule has 1 aliphatic carbocycles. The van der Waals surface area contributed by atoms with Crippen molar-refractivity contribution >= 4 is 5.65 Å². The van der Waals surface area contributed by atoms with Crippen LogP contribution in [0.5, 0.6) is 0 Å². The maximum Gasteiger partial charge on any atom is 0.137 e. The van der Waals surface area contributed by atoms with Crippen molar-refractivity contribution in [3.05, 3.63) is 85.0 Å². The minimum Gasteiger partial charge on any atom is -0.322 e.